The number of hydrogen-bond acceptors (Lipinski definition) is 9. The molecule has 8 nitrogen and oxygen atoms in total. The molecule has 5 atom stereocenters. The van der Waals surface area contributed by atoms with Gasteiger partial charge in [0.25, 0.3) is 0 Å². The van der Waals surface area contributed by atoms with Crippen molar-refractivity contribution in [2.75, 3.05) is 23.8 Å². The molecule has 0 bridgehead atoms. The van der Waals surface area contributed by atoms with Gasteiger partial charge in [-0.2, -0.15) is 4.98 Å². The fourth-order valence-corrected chi connectivity index (χ4v) is 8.61. The number of nitrogens with zero attached hydrogens (tertiary/aromatic N) is 4. The number of aryl methyl sites for hydroxylation is 1. The van der Waals surface area contributed by atoms with Crippen molar-refractivity contribution in [3.8, 4) is 10.6 Å². The molecule has 8 rings (SSSR count). The van der Waals surface area contributed by atoms with Crippen LogP contribution in [0.5, 0.6) is 0 Å². The van der Waals surface area contributed by atoms with Crippen molar-refractivity contribution in [2.45, 2.75) is 75.3 Å². The summed E-state index contributed by atoms with van der Waals surface area (Å²) in [5.41, 5.74) is 4.67. The van der Waals surface area contributed by atoms with Crippen molar-refractivity contribution < 1.29 is 10.2 Å². The van der Waals surface area contributed by atoms with Gasteiger partial charge in [-0.3, -0.25) is 4.98 Å². The quantitative estimate of drug-likeness (QED) is 0.194. The molecule has 0 radical (unpaired) electrons. The zero-order valence-electron chi connectivity index (χ0n) is 24.0. The molecule has 0 aliphatic heterocycles. The van der Waals surface area contributed by atoms with Crippen LogP contribution in [0.15, 0.2) is 42.6 Å². The van der Waals surface area contributed by atoms with Gasteiger partial charge in [0.05, 0.1) is 27.3 Å². The zero-order valence-corrected chi connectivity index (χ0v) is 24.8. The van der Waals surface area contributed by atoms with E-state index < -0.39 is 5.60 Å². The van der Waals surface area contributed by atoms with Crippen molar-refractivity contribution in [1.82, 2.24) is 19.9 Å². The number of benzene rings is 1. The third kappa shape index (κ3) is 4.85. The van der Waals surface area contributed by atoms with Crippen molar-refractivity contribution in [3.05, 3.63) is 59.5 Å². The van der Waals surface area contributed by atoms with Crippen LogP contribution in [0.4, 0.5) is 11.8 Å². The highest BCUT2D eigenvalue weighted by atomic mass is 32.1. The smallest absolute Gasteiger partial charge is 0.225 e. The summed E-state index contributed by atoms with van der Waals surface area (Å²) < 4.78 is 1.15. The van der Waals surface area contributed by atoms with Gasteiger partial charge in [-0.1, -0.05) is 30.3 Å². The number of aliphatic hydroxyl groups is 2. The van der Waals surface area contributed by atoms with Crippen LogP contribution in [0.1, 0.15) is 73.7 Å². The Kier molecular flexibility index (Phi) is 6.46. The second kappa shape index (κ2) is 10.2. The van der Waals surface area contributed by atoms with Crippen LogP contribution in [-0.2, 0) is 0 Å². The largest absolute Gasteiger partial charge is 0.396 e. The second-order valence-electron chi connectivity index (χ2n) is 13.1. The van der Waals surface area contributed by atoms with Crippen LogP contribution >= 0.6 is 11.3 Å². The average molecular weight is 583 g/mol. The van der Waals surface area contributed by atoms with Crippen LogP contribution < -0.4 is 10.6 Å². The highest BCUT2D eigenvalue weighted by molar-refractivity contribution is 7.21. The van der Waals surface area contributed by atoms with E-state index in [1.807, 2.05) is 13.1 Å². The Morgan fingerprint density at radius 1 is 0.976 bits per heavy atom. The topological polar surface area (TPSA) is 116 Å². The molecular weight excluding hydrogens is 544 g/mol. The normalized spacial score (nSPS) is 27.7. The number of hydrogen-bond donors (Lipinski definition) is 4. The summed E-state index contributed by atoms with van der Waals surface area (Å²) in [7, 11) is 0. The average Bonchev–Trinajstić information content (AvgIpc) is 3.84. The maximum atomic E-state index is 10.5. The van der Waals surface area contributed by atoms with Crippen molar-refractivity contribution in [1.29, 1.82) is 0 Å². The van der Waals surface area contributed by atoms with Crippen LogP contribution in [0.25, 0.3) is 20.8 Å². The van der Waals surface area contributed by atoms with Crippen LogP contribution in [0.3, 0.4) is 0 Å². The Morgan fingerprint density at radius 3 is 2.55 bits per heavy atom. The molecule has 3 heterocycles. The third-order valence-corrected chi connectivity index (χ3v) is 11.2. The predicted molar refractivity (Wildman–Crippen MR) is 166 cm³/mol. The number of aliphatic hydroxyl groups excluding tert-OH is 1. The summed E-state index contributed by atoms with van der Waals surface area (Å²) in [6.45, 7) is 2.69. The molecule has 0 saturated heterocycles. The van der Waals surface area contributed by atoms with E-state index >= 15 is 0 Å². The van der Waals surface area contributed by atoms with E-state index in [1.165, 1.54) is 18.4 Å². The first-order valence-electron chi connectivity index (χ1n) is 15.5. The summed E-state index contributed by atoms with van der Waals surface area (Å²) in [5, 5.41) is 28.9. The van der Waals surface area contributed by atoms with Gasteiger partial charge < -0.3 is 20.8 Å². The molecule has 4 fully saturated rings. The minimum Gasteiger partial charge on any atom is -0.396 e. The van der Waals surface area contributed by atoms with Crippen LogP contribution in [0, 0.1) is 24.7 Å². The minimum absolute atomic E-state index is 0.201. The molecule has 4 saturated carbocycles. The molecule has 0 spiro atoms. The molecule has 9 heteroatoms. The van der Waals surface area contributed by atoms with E-state index in [1.54, 1.807) is 11.3 Å². The Bertz CT molecular complexity index is 1620. The van der Waals surface area contributed by atoms with Crippen molar-refractivity contribution in [2.24, 2.45) is 17.8 Å². The first-order valence-corrected chi connectivity index (χ1v) is 16.3. The van der Waals surface area contributed by atoms with E-state index in [-0.39, 0.29) is 18.6 Å². The van der Waals surface area contributed by atoms with Crippen molar-refractivity contribution >= 4 is 33.3 Å². The SMILES string of the molecule is Cc1nc(NCC2(O)CC2)nc(N[C@@H]2C[C@H](CO)[C@H]3CC(c4ccccc4)C[C@H]32)c1-c1nc2c(C3CC3)nccc2s1. The van der Waals surface area contributed by atoms with Gasteiger partial charge in [-0.05, 0) is 87.2 Å². The van der Waals surface area contributed by atoms with E-state index in [2.05, 4.69) is 47.0 Å². The highest BCUT2D eigenvalue weighted by Crippen LogP contribution is 2.54. The number of nitrogens with one attached hydrogen (secondary N) is 2. The zero-order chi connectivity index (χ0) is 28.4. The monoisotopic (exact) mass is 582 g/mol. The van der Waals surface area contributed by atoms with E-state index in [0.29, 0.717) is 36.2 Å². The third-order valence-electron chi connectivity index (χ3n) is 10.2. The minimum atomic E-state index is -0.647. The molecule has 218 valence electrons. The van der Waals surface area contributed by atoms with Crippen LogP contribution in [-0.4, -0.2) is 54.9 Å². The Hall–Kier alpha value is -3.14. The van der Waals surface area contributed by atoms with Gasteiger partial charge in [0.1, 0.15) is 16.3 Å². The Balaban J connectivity index is 1.15. The van der Waals surface area contributed by atoms with Gasteiger partial charge in [-0.25, -0.2) is 9.97 Å². The number of thiazole rings is 1. The molecule has 1 unspecified atom stereocenters. The van der Waals surface area contributed by atoms with Gasteiger partial charge in [-0.15, -0.1) is 11.3 Å². The molecule has 4 N–H and O–H groups in total. The lowest BCUT2D eigenvalue weighted by molar-refractivity contribution is 0.164. The molecule has 1 aromatic carbocycles. The first-order chi connectivity index (χ1) is 20.5. The fraction of sp³-hybridized carbons (Fsp3) is 0.515. The molecule has 4 aliphatic carbocycles. The number of rotatable bonds is 9. The lowest BCUT2D eigenvalue weighted by atomic mass is 9.90. The maximum Gasteiger partial charge on any atom is 0.225 e. The molecule has 4 aliphatic rings. The highest BCUT2D eigenvalue weighted by Gasteiger charge is 2.49. The number of aromatic nitrogens is 4. The van der Waals surface area contributed by atoms with Gasteiger partial charge in [0, 0.05) is 31.3 Å². The van der Waals surface area contributed by atoms with Crippen LogP contribution in [0.2, 0.25) is 0 Å². The fourth-order valence-electron chi connectivity index (χ4n) is 7.55. The second-order valence-corrected chi connectivity index (χ2v) is 14.1. The summed E-state index contributed by atoms with van der Waals surface area (Å²) >= 11 is 1.68. The van der Waals surface area contributed by atoms with E-state index in [9.17, 15) is 10.2 Å². The van der Waals surface area contributed by atoms with E-state index in [4.69, 9.17) is 19.9 Å². The molecule has 4 aromatic rings. The number of fused-ring (bicyclic) bond motifs is 2. The summed E-state index contributed by atoms with van der Waals surface area (Å²) in [5.74, 6) is 3.58. The lowest BCUT2D eigenvalue weighted by Crippen LogP contribution is -2.27. The molecular formula is C33H38N6O2S. The van der Waals surface area contributed by atoms with Gasteiger partial charge in [0.2, 0.25) is 5.95 Å². The molecule has 42 heavy (non-hydrogen) atoms. The van der Waals surface area contributed by atoms with Gasteiger partial charge >= 0.3 is 0 Å². The number of anilines is 2. The first kappa shape index (κ1) is 26.5. The lowest BCUT2D eigenvalue weighted by Gasteiger charge is -2.23. The molecule has 3 aromatic heterocycles. The van der Waals surface area contributed by atoms with Gasteiger partial charge in [0.15, 0.2) is 0 Å². The Labute approximate surface area is 250 Å². The Morgan fingerprint density at radius 2 is 1.79 bits per heavy atom. The standard InChI is InChI=1S/C33H38N6O2S/c1-18-27(31-38-29-26(42-31)9-12-34-28(29)20-7-8-20)30(39-32(36-18)35-17-33(41)10-11-33)37-25-15-22(16-40)23-13-21(14-24(23)25)19-5-3-2-4-6-19/h2-6,9,12,20-25,40-41H,7-8,10-11,13-17H2,1H3,(H2,35,36,37,39)/t21?,22-,23-,24-,25-/m1/s1. The summed E-state index contributed by atoms with van der Waals surface area (Å²) in [6.07, 6.45) is 9.04. The van der Waals surface area contributed by atoms with E-state index in [0.717, 1.165) is 70.1 Å². The predicted octanol–water partition coefficient (Wildman–Crippen LogP) is 5.87. The summed E-state index contributed by atoms with van der Waals surface area (Å²) in [6, 6.07) is 13.1. The summed E-state index contributed by atoms with van der Waals surface area (Å²) in [4.78, 5) is 19.7. The van der Waals surface area contributed by atoms with Crippen molar-refractivity contribution in [3.63, 3.8) is 0 Å². The molecule has 0 amide bonds. The maximum absolute atomic E-state index is 10.5. The number of pyridine rings is 1.